The number of carbonyl (C=O) groups is 1. The number of carboxylic acid groups (broad SMARTS) is 1. The van der Waals surface area contributed by atoms with Crippen molar-refractivity contribution in [2.24, 2.45) is 5.11 Å². The van der Waals surface area contributed by atoms with Crippen molar-refractivity contribution in [3.05, 3.63) is 10.4 Å². The van der Waals surface area contributed by atoms with Crippen LogP contribution in [0, 0.1) is 0 Å². The Labute approximate surface area is 90.7 Å². The highest BCUT2D eigenvalue weighted by Crippen LogP contribution is 2.38. The molecule has 0 aliphatic carbocycles. The zero-order chi connectivity index (χ0) is 11.9. The van der Waals surface area contributed by atoms with Crippen LogP contribution in [0.1, 0.15) is 13.8 Å². The molecule has 0 aromatic carbocycles. The molecule has 0 aromatic rings. The first-order valence-electron chi connectivity index (χ1n) is 4.73. The molecule has 2 aliphatic heterocycles. The monoisotopic (exact) mass is 229 g/mol. The lowest BCUT2D eigenvalue weighted by Gasteiger charge is -2.21. The Hall–Kier alpha value is -1.34. The molecule has 0 radical (unpaired) electrons. The van der Waals surface area contributed by atoms with Crippen LogP contribution in [0.15, 0.2) is 5.11 Å². The second kappa shape index (κ2) is 3.60. The van der Waals surface area contributed by atoms with Crippen molar-refractivity contribution in [2.75, 3.05) is 0 Å². The summed E-state index contributed by atoms with van der Waals surface area (Å²) in [6.07, 6.45) is -2.69. The molecular weight excluding hydrogens is 218 g/mol. The lowest BCUT2D eigenvalue weighted by molar-refractivity contribution is -0.211. The van der Waals surface area contributed by atoms with Crippen LogP contribution in [0.25, 0.3) is 10.4 Å². The van der Waals surface area contributed by atoms with Crippen LogP contribution in [0.4, 0.5) is 0 Å². The van der Waals surface area contributed by atoms with Crippen molar-refractivity contribution in [2.45, 2.75) is 44.2 Å². The molecule has 4 atom stereocenters. The first-order chi connectivity index (χ1) is 7.44. The number of fused-ring (bicyclic) bond motifs is 1. The molecule has 0 aromatic heterocycles. The van der Waals surface area contributed by atoms with E-state index in [4.69, 9.17) is 24.8 Å². The minimum absolute atomic E-state index is 0.674. The molecule has 16 heavy (non-hydrogen) atoms. The highest BCUT2D eigenvalue weighted by atomic mass is 16.8. The van der Waals surface area contributed by atoms with Gasteiger partial charge in [0.2, 0.25) is 0 Å². The third-order valence-corrected chi connectivity index (χ3v) is 2.44. The van der Waals surface area contributed by atoms with Crippen LogP contribution < -0.4 is 0 Å². The summed E-state index contributed by atoms with van der Waals surface area (Å²) < 4.78 is 15.9. The van der Waals surface area contributed by atoms with Gasteiger partial charge in [-0.3, -0.25) is 0 Å². The summed E-state index contributed by atoms with van der Waals surface area (Å²) >= 11 is 0. The smallest absolute Gasteiger partial charge is 0.333 e. The summed E-state index contributed by atoms with van der Waals surface area (Å²) in [5.41, 5.74) is 8.39. The highest BCUT2D eigenvalue weighted by Gasteiger charge is 2.56. The molecule has 0 bridgehead atoms. The van der Waals surface area contributed by atoms with E-state index in [9.17, 15) is 4.79 Å². The number of ether oxygens (including phenoxy) is 3. The molecular formula is C8H11N3O5. The molecule has 0 unspecified atom stereocenters. The predicted octanol–water partition coefficient (Wildman–Crippen LogP) is 0.626. The Balaban J connectivity index is 2.23. The third-order valence-electron chi connectivity index (χ3n) is 2.44. The fourth-order valence-electron chi connectivity index (χ4n) is 1.88. The van der Waals surface area contributed by atoms with Crippen molar-refractivity contribution >= 4 is 5.97 Å². The van der Waals surface area contributed by atoms with Gasteiger partial charge in [-0.25, -0.2) is 4.79 Å². The van der Waals surface area contributed by atoms with Crippen molar-refractivity contribution in [3.63, 3.8) is 0 Å². The average Bonchev–Trinajstić information content (AvgIpc) is 2.60. The van der Waals surface area contributed by atoms with E-state index in [0.717, 1.165) is 0 Å². The largest absolute Gasteiger partial charge is 0.479 e. The lowest BCUT2D eigenvalue weighted by atomic mass is 10.1. The van der Waals surface area contributed by atoms with Gasteiger partial charge in [-0.2, -0.15) is 0 Å². The molecule has 8 nitrogen and oxygen atoms in total. The van der Waals surface area contributed by atoms with E-state index < -0.39 is 36.3 Å². The molecule has 88 valence electrons. The number of nitrogens with zero attached hydrogens (tertiary/aromatic N) is 3. The SMILES string of the molecule is CC1(C)O[C@H]2O[C@H](C(=O)O)[C@H](N=[N+]=[N-])[C@H]2O1. The zero-order valence-corrected chi connectivity index (χ0v) is 8.73. The molecule has 0 amide bonds. The van der Waals surface area contributed by atoms with Crippen LogP contribution in [0.3, 0.4) is 0 Å². The number of hydrogen-bond acceptors (Lipinski definition) is 5. The van der Waals surface area contributed by atoms with E-state index in [2.05, 4.69) is 10.0 Å². The standard InChI is InChI=1S/C8H11N3O5/c1-8(2)15-5-3(10-11-9)4(6(12)13)14-7(5)16-8/h3-5,7H,1-2H3,(H,12,13)/t3-,4-,5+,7+/m0/s1. The van der Waals surface area contributed by atoms with Gasteiger partial charge in [0.15, 0.2) is 18.2 Å². The van der Waals surface area contributed by atoms with Crippen LogP contribution in [-0.2, 0) is 19.0 Å². The van der Waals surface area contributed by atoms with Gasteiger partial charge in [-0.15, -0.1) is 0 Å². The molecule has 0 spiro atoms. The summed E-state index contributed by atoms with van der Waals surface area (Å²) in [7, 11) is 0. The second-order valence-corrected chi connectivity index (χ2v) is 4.06. The quantitative estimate of drug-likeness (QED) is 0.423. The molecule has 2 rings (SSSR count). The van der Waals surface area contributed by atoms with Crippen LogP contribution in [-0.4, -0.2) is 41.4 Å². The molecule has 0 saturated carbocycles. The van der Waals surface area contributed by atoms with Crippen molar-refractivity contribution < 1.29 is 24.1 Å². The first kappa shape index (κ1) is 11.2. The topological polar surface area (TPSA) is 114 Å². The molecule has 2 saturated heterocycles. The average molecular weight is 229 g/mol. The number of rotatable bonds is 2. The van der Waals surface area contributed by atoms with Crippen LogP contribution in [0.5, 0.6) is 0 Å². The summed E-state index contributed by atoms with van der Waals surface area (Å²) in [5, 5.41) is 12.3. The fourth-order valence-corrected chi connectivity index (χ4v) is 1.88. The molecule has 1 N–H and O–H groups in total. The zero-order valence-electron chi connectivity index (χ0n) is 8.73. The highest BCUT2D eigenvalue weighted by molar-refractivity contribution is 5.74. The van der Waals surface area contributed by atoms with Crippen molar-refractivity contribution in [1.29, 1.82) is 0 Å². The molecule has 2 heterocycles. The minimum Gasteiger partial charge on any atom is -0.479 e. The fraction of sp³-hybridized carbons (Fsp3) is 0.875. The predicted molar refractivity (Wildman–Crippen MR) is 49.3 cm³/mol. The van der Waals surface area contributed by atoms with Crippen molar-refractivity contribution in [3.8, 4) is 0 Å². The molecule has 2 fully saturated rings. The summed E-state index contributed by atoms with van der Waals surface area (Å²) in [5.74, 6) is -2.06. The van der Waals surface area contributed by atoms with E-state index in [1.54, 1.807) is 13.8 Å². The second-order valence-electron chi connectivity index (χ2n) is 4.06. The maximum absolute atomic E-state index is 10.9. The van der Waals surface area contributed by atoms with Gasteiger partial charge in [-0.1, -0.05) is 5.11 Å². The van der Waals surface area contributed by atoms with Gasteiger partial charge >= 0.3 is 5.97 Å². The Bertz CT molecular complexity index is 365. The maximum Gasteiger partial charge on any atom is 0.333 e. The van der Waals surface area contributed by atoms with E-state index in [1.807, 2.05) is 0 Å². The van der Waals surface area contributed by atoms with E-state index in [0.29, 0.717) is 0 Å². The van der Waals surface area contributed by atoms with Crippen LogP contribution >= 0.6 is 0 Å². The van der Waals surface area contributed by atoms with Crippen LogP contribution in [0.2, 0.25) is 0 Å². The Morgan fingerprint density at radius 1 is 1.50 bits per heavy atom. The molecule has 8 heteroatoms. The normalized spacial score (nSPS) is 40.1. The third kappa shape index (κ3) is 1.72. The van der Waals surface area contributed by atoms with Gasteiger partial charge in [0.05, 0.1) is 0 Å². The van der Waals surface area contributed by atoms with Gasteiger partial charge in [-0.05, 0) is 19.4 Å². The summed E-state index contributed by atoms with van der Waals surface area (Å²) in [4.78, 5) is 13.5. The van der Waals surface area contributed by atoms with Crippen molar-refractivity contribution in [1.82, 2.24) is 0 Å². The van der Waals surface area contributed by atoms with Gasteiger partial charge in [0.25, 0.3) is 0 Å². The van der Waals surface area contributed by atoms with Gasteiger partial charge in [0.1, 0.15) is 12.1 Å². The lowest BCUT2D eigenvalue weighted by Crippen LogP contribution is -2.37. The summed E-state index contributed by atoms with van der Waals surface area (Å²) in [6, 6.07) is -0.908. The number of azide groups is 1. The Kier molecular flexibility index (Phi) is 2.51. The summed E-state index contributed by atoms with van der Waals surface area (Å²) in [6.45, 7) is 3.36. The number of hydrogen-bond donors (Lipinski definition) is 1. The first-order valence-corrected chi connectivity index (χ1v) is 4.73. The number of carboxylic acids is 1. The minimum atomic E-state index is -1.22. The Morgan fingerprint density at radius 2 is 2.19 bits per heavy atom. The number of aliphatic carboxylic acids is 1. The maximum atomic E-state index is 10.9. The Morgan fingerprint density at radius 3 is 2.75 bits per heavy atom. The van der Waals surface area contributed by atoms with E-state index in [-0.39, 0.29) is 0 Å². The van der Waals surface area contributed by atoms with E-state index >= 15 is 0 Å². The molecule has 2 aliphatic rings. The van der Waals surface area contributed by atoms with Gasteiger partial charge < -0.3 is 19.3 Å². The van der Waals surface area contributed by atoms with Gasteiger partial charge in [0, 0.05) is 4.91 Å². The van der Waals surface area contributed by atoms with E-state index in [1.165, 1.54) is 0 Å².